The van der Waals surface area contributed by atoms with Crippen molar-refractivity contribution in [1.82, 2.24) is 19.5 Å². The molecule has 0 radical (unpaired) electrons. The molecule has 1 saturated heterocycles. The van der Waals surface area contributed by atoms with Gasteiger partial charge in [-0.05, 0) is 35.2 Å². The number of para-hydroxylation sites is 2. The predicted octanol–water partition coefficient (Wildman–Crippen LogP) is 5.03. The quantitative estimate of drug-likeness (QED) is 0.259. The smallest absolute Gasteiger partial charge is 0.246 e. The van der Waals surface area contributed by atoms with Gasteiger partial charge in [-0.3, -0.25) is 0 Å². The topological polar surface area (TPSA) is 80.5 Å². The minimum Gasteiger partial charge on any atom is -0.378 e. The molecule has 4 heterocycles. The Morgan fingerprint density at radius 3 is 2.71 bits per heavy atom. The molecule has 2 aromatic carbocycles. The zero-order valence-corrected chi connectivity index (χ0v) is 20.3. The van der Waals surface area contributed by atoms with Crippen LogP contribution in [-0.2, 0) is 11.3 Å². The van der Waals surface area contributed by atoms with Crippen LogP contribution in [0.15, 0.2) is 65.1 Å². The van der Waals surface area contributed by atoms with Crippen molar-refractivity contribution in [3.63, 3.8) is 0 Å². The summed E-state index contributed by atoms with van der Waals surface area (Å²) in [4.78, 5) is 16.4. The minimum absolute atomic E-state index is 0.447. The summed E-state index contributed by atoms with van der Waals surface area (Å²) in [5.74, 6) is 2.07. The number of benzene rings is 2. The number of morpholine rings is 1. The average molecular weight is 504 g/mol. The monoisotopic (exact) mass is 503 g/mol. The first kappa shape index (κ1) is 22.0. The van der Waals surface area contributed by atoms with Crippen LogP contribution in [0.4, 0.5) is 11.8 Å². The molecule has 1 aliphatic heterocycles. The number of aromatic nitrogens is 4. The van der Waals surface area contributed by atoms with Gasteiger partial charge in [0.05, 0.1) is 47.2 Å². The van der Waals surface area contributed by atoms with E-state index in [9.17, 15) is 0 Å². The number of anilines is 2. The maximum absolute atomic E-state index is 6.44. The SMILES string of the molecule is Clc1ccccc1Cn1c(/C=N/Nc2nc(N3CCOCC3)c3sccc3n2)nc2ccccc21. The van der Waals surface area contributed by atoms with E-state index in [1.165, 1.54) is 0 Å². The van der Waals surface area contributed by atoms with Crippen molar-refractivity contribution >= 4 is 62.2 Å². The fourth-order valence-electron chi connectivity index (χ4n) is 4.19. The van der Waals surface area contributed by atoms with E-state index in [1.54, 1.807) is 17.6 Å². The van der Waals surface area contributed by atoms with Crippen LogP contribution >= 0.6 is 22.9 Å². The van der Waals surface area contributed by atoms with Crippen molar-refractivity contribution in [3.8, 4) is 0 Å². The first-order valence-electron chi connectivity index (χ1n) is 11.3. The summed E-state index contributed by atoms with van der Waals surface area (Å²) in [6.45, 7) is 3.58. The van der Waals surface area contributed by atoms with Gasteiger partial charge >= 0.3 is 0 Å². The van der Waals surface area contributed by atoms with Crippen molar-refractivity contribution in [2.75, 3.05) is 36.6 Å². The fourth-order valence-corrected chi connectivity index (χ4v) is 5.23. The number of fused-ring (bicyclic) bond motifs is 2. The van der Waals surface area contributed by atoms with Gasteiger partial charge in [-0.25, -0.2) is 15.4 Å². The Kier molecular flexibility index (Phi) is 6.03. The van der Waals surface area contributed by atoms with Crippen molar-refractivity contribution in [3.05, 3.63) is 76.4 Å². The highest BCUT2D eigenvalue weighted by molar-refractivity contribution is 7.17. The Bertz CT molecular complexity index is 1520. The highest BCUT2D eigenvalue weighted by Gasteiger charge is 2.18. The summed E-state index contributed by atoms with van der Waals surface area (Å²) in [5, 5.41) is 7.21. The molecule has 35 heavy (non-hydrogen) atoms. The number of hydrazone groups is 1. The van der Waals surface area contributed by atoms with Crippen molar-refractivity contribution in [1.29, 1.82) is 0 Å². The molecule has 0 amide bonds. The number of imidazole rings is 1. The number of hydrogen-bond acceptors (Lipinski definition) is 8. The molecule has 0 bridgehead atoms. The first-order chi connectivity index (χ1) is 17.3. The number of ether oxygens (including phenoxy) is 1. The van der Waals surface area contributed by atoms with E-state index >= 15 is 0 Å². The molecule has 6 rings (SSSR count). The normalized spacial score (nSPS) is 14.4. The lowest BCUT2D eigenvalue weighted by atomic mass is 10.2. The van der Waals surface area contributed by atoms with E-state index in [0.717, 1.165) is 50.7 Å². The number of halogens is 1. The molecule has 8 nitrogen and oxygen atoms in total. The molecule has 0 atom stereocenters. The van der Waals surface area contributed by atoms with Crippen molar-refractivity contribution in [2.24, 2.45) is 5.10 Å². The van der Waals surface area contributed by atoms with Crippen LogP contribution in [0.3, 0.4) is 0 Å². The Labute approximate surface area is 210 Å². The maximum Gasteiger partial charge on any atom is 0.246 e. The van der Waals surface area contributed by atoms with Crippen molar-refractivity contribution in [2.45, 2.75) is 6.54 Å². The van der Waals surface area contributed by atoms with Gasteiger partial charge in [0.2, 0.25) is 5.95 Å². The van der Waals surface area contributed by atoms with Crippen molar-refractivity contribution < 1.29 is 4.74 Å². The van der Waals surface area contributed by atoms with E-state index in [0.29, 0.717) is 31.5 Å². The number of rotatable bonds is 6. The second kappa shape index (κ2) is 9.61. The molecule has 10 heteroatoms. The molecule has 0 unspecified atom stereocenters. The largest absolute Gasteiger partial charge is 0.378 e. The molecule has 176 valence electrons. The summed E-state index contributed by atoms with van der Waals surface area (Å²) >= 11 is 8.08. The van der Waals surface area contributed by atoms with Crippen LogP contribution in [0.1, 0.15) is 11.4 Å². The van der Waals surface area contributed by atoms with Gasteiger partial charge in [-0.1, -0.05) is 41.9 Å². The molecule has 0 aliphatic carbocycles. The van der Waals surface area contributed by atoms with E-state index in [1.807, 2.05) is 60.0 Å². The predicted molar refractivity (Wildman–Crippen MR) is 142 cm³/mol. The number of nitrogens with one attached hydrogen (secondary N) is 1. The van der Waals surface area contributed by atoms with Gasteiger partial charge in [-0.2, -0.15) is 10.1 Å². The molecule has 1 fully saturated rings. The molecule has 0 saturated carbocycles. The van der Waals surface area contributed by atoms with Gasteiger partial charge in [0, 0.05) is 18.1 Å². The van der Waals surface area contributed by atoms with Gasteiger partial charge < -0.3 is 14.2 Å². The summed E-state index contributed by atoms with van der Waals surface area (Å²) < 4.78 is 8.68. The standard InChI is InChI=1S/C25H22ClN7OS/c26-18-6-2-1-5-17(18)16-33-21-8-4-3-7-19(21)28-22(33)15-27-31-25-29-20-9-14-35-23(20)24(30-25)32-10-12-34-13-11-32/h1-9,14-15H,10-13,16H2,(H,29,30,31)/b27-15+. The van der Waals surface area contributed by atoms with Gasteiger partial charge in [0.1, 0.15) is 0 Å². The van der Waals surface area contributed by atoms with Crippen LogP contribution in [0.5, 0.6) is 0 Å². The van der Waals surface area contributed by atoms with Crippen LogP contribution in [0.25, 0.3) is 21.3 Å². The zero-order valence-electron chi connectivity index (χ0n) is 18.8. The Morgan fingerprint density at radius 2 is 1.83 bits per heavy atom. The van der Waals surface area contributed by atoms with Gasteiger partial charge in [-0.15, -0.1) is 11.3 Å². The third-order valence-electron chi connectivity index (χ3n) is 5.91. The lowest BCUT2D eigenvalue weighted by Crippen LogP contribution is -2.36. The molecule has 0 spiro atoms. The molecule has 5 aromatic rings. The van der Waals surface area contributed by atoms with Gasteiger partial charge in [0.15, 0.2) is 11.6 Å². The minimum atomic E-state index is 0.447. The molecule has 1 aliphatic rings. The number of nitrogens with zero attached hydrogens (tertiary/aromatic N) is 6. The summed E-state index contributed by atoms with van der Waals surface area (Å²) in [7, 11) is 0. The molecular formula is C25H22ClN7OS. The van der Waals surface area contributed by atoms with Crippen LogP contribution in [0.2, 0.25) is 5.02 Å². The van der Waals surface area contributed by atoms with E-state index in [2.05, 4.69) is 25.0 Å². The van der Waals surface area contributed by atoms with E-state index < -0.39 is 0 Å². The van der Waals surface area contributed by atoms with E-state index in [4.69, 9.17) is 26.3 Å². The summed E-state index contributed by atoms with van der Waals surface area (Å²) in [6.07, 6.45) is 1.70. The second-order valence-corrected chi connectivity index (χ2v) is 9.43. The molecule has 3 aromatic heterocycles. The highest BCUT2D eigenvalue weighted by Crippen LogP contribution is 2.30. The first-order valence-corrected chi connectivity index (χ1v) is 12.6. The fraction of sp³-hybridized carbons (Fsp3) is 0.200. The number of thiophene rings is 1. The summed E-state index contributed by atoms with van der Waals surface area (Å²) in [5.41, 5.74) is 6.84. The Balaban J connectivity index is 1.31. The van der Waals surface area contributed by atoms with Crippen LogP contribution < -0.4 is 10.3 Å². The number of hydrogen-bond donors (Lipinski definition) is 1. The van der Waals surface area contributed by atoms with E-state index in [-0.39, 0.29) is 0 Å². The third kappa shape index (κ3) is 4.45. The second-order valence-electron chi connectivity index (χ2n) is 8.11. The maximum atomic E-state index is 6.44. The lowest BCUT2D eigenvalue weighted by molar-refractivity contribution is 0.122. The molecular weight excluding hydrogens is 482 g/mol. The van der Waals surface area contributed by atoms with Crippen LogP contribution in [-0.4, -0.2) is 52.0 Å². The van der Waals surface area contributed by atoms with Crippen LogP contribution in [0, 0.1) is 0 Å². The summed E-state index contributed by atoms with van der Waals surface area (Å²) in [6, 6.07) is 17.9. The Morgan fingerprint density at radius 1 is 1.00 bits per heavy atom. The Hall–Kier alpha value is -3.53. The third-order valence-corrected chi connectivity index (χ3v) is 7.18. The highest BCUT2D eigenvalue weighted by atomic mass is 35.5. The lowest BCUT2D eigenvalue weighted by Gasteiger charge is -2.28. The van der Waals surface area contributed by atoms with Gasteiger partial charge in [0.25, 0.3) is 0 Å². The average Bonchev–Trinajstić information content (AvgIpc) is 3.50. The molecule has 1 N–H and O–H groups in total. The zero-order chi connectivity index (χ0) is 23.6.